The molecule has 0 radical (unpaired) electrons. The number of methoxy groups -OCH3 is 2. The first-order valence-corrected chi connectivity index (χ1v) is 11.7. The molecule has 186 valence electrons. The van der Waals surface area contributed by atoms with Crippen LogP contribution < -0.4 is 4.74 Å². The highest BCUT2D eigenvalue weighted by Gasteiger charge is 2.53. The van der Waals surface area contributed by atoms with Crippen LogP contribution in [0.15, 0.2) is 36.5 Å². The number of hydrogen-bond donors (Lipinski definition) is 2. The molecule has 1 saturated carbocycles. The highest BCUT2D eigenvalue weighted by molar-refractivity contribution is 5.99. The van der Waals surface area contributed by atoms with Crippen molar-refractivity contribution in [1.82, 2.24) is 14.8 Å². The van der Waals surface area contributed by atoms with E-state index in [-0.39, 0.29) is 18.1 Å². The van der Waals surface area contributed by atoms with Crippen molar-refractivity contribution in [3.63, 3.8) is 0 Å². The van der Waals surface area contributed by atoms with Gasteiger partial charge in [0.25, 0.3) is 0 Å². The van der Waals surface area contributed by atoms with Gasteiger partial charge in [0, 0.05) is 47.2 Å². The molecule has 4 aromatic rings. The van der Waals surface area contributed by atoms with E-state index in [1.165, 1.54) is 20.3 Å². The van der Waals surface area contributed by atoms with E-state index < -0.39 is 22.8 Å². The van der Waals surface area contributed by atoms with Gasteiger partial charge in [0.2, 0.25) is 0 Å². The minimum atomic E-state index is -1.24. The van der Waals surface area contributed by atoms with Crippen molar-refractivity contribution in [2.45, 2.75) is 50.0 Å². The molecular weight excluding hydrogens is 463 g/mol. The zero-order valence-corrected chi connectivity index (χ0v) is 20.6. The zero-order chi connectivity index (χ0) is 25.8. The van der Waals surface area contributed by atoms with Gasteiger partial charge in [-0.15, -0.1) is 0 Å². The van der Waals surface area contributed by atoms with Crippen LogP contribution in [-0.2, 0) is 14.9 Å². The van der Waals surface area contributed by atoms with Gasteiger partial charge in [-0.05, 0) is 48.6 Å². The second-order valence-electron chi connectivity index (χ2n) is 10.1. The smallest absolute Gasteiger partial charge is 0.335 e. The number of ether oxygens (including phenoxy) is 2. The van der Waals surface area contributed by atoms with Gasteiger partial charge in [0.05, 0.1) is 30.4 Å². The number of fused-ring (bicyclic) bond motifs is 2. The number of nitriles is 1. The summed E-state index contributed by atoms with van der Waals surface area (Å²) in [5.74, 6) is -1.46. The summed E-state index contributed by atoms with van der Waals surface area (Å²) in [5, 5.41) is 28.5. The molecule has 1 aliphatic rings. The molecule has 1 fully saturated rings. The standard InChI is InChI=1S/C27H27FN4O4/c1-26(2,7-8-29)24-23(16-12-27(13-16,36-4)25(33)34)18-11-20-15(14-30-31-20)9-21(18)32(24)17-5-6-19(28)22(10-17)35-3/h5-6,9-11,14,16H,7,12-13H2,1-4H3,(H,30,31)(H,33,34)/t16-,27+. The molecule has 1 aliphatic carbocycles. The Hall–Kier alpha value is -3.90. The molecule has 0 atom stereocenters. The lowest BCUT2D eigenvalue weighted by Gasteiger charge is -2.44. The van der Waals surface area contributed by atoms with Crippen LogP contribution >= 0.6 is 0 Å². The van der Waals surface area contributed by atoms with E-state index in [9.17, 15) is 19.6 Å². The first-order chi connectivity index (χ1) is 17.2. The van der Waals surface area contributed by atoms with Crippen LogP contribution in [0.5, 0.6) is 5.75 Å². The van der Waals surface area contributed by atoms with E-state index in [4.69, 9.17) is 9.47 Å². The van der Waals surface area contributed by atoms with Crippen LogP contribution in [0, 0.1) is 17.1 Å². The number of carbonyl (C=O) groups is 1. The number of carboxylic acids is 1. The molecule has 2 aromatic carbocycles. The third-order valence-electron chi connectivity index (χ3n) is 7.46. The molecule has 0 aliphatic heterocycles. The summed E-state index contributed by atoms with van der Waals surface area (Å²) in [4.78, 5) is 12.0. The maximum Gasteiger partial charge on any atom is 0.335 e. The normalized spacial score (nSPS) is 19.8. The minimum Gasteiger partial charge on any atom is -0.494 e. The highest BCUT2D eigenvalue weighted by atomic mass is 19.1. The van der Waals surface area contributed by atoms with E-state index in [0.717, 1.165) is 33.1 Å². The lowest BCUT2D eigenvalue weighted by molar-refractivity contribution is -0.175. The molecule has 9 heteroatoms. The van der Waals surface area contributed by atoms with Crippen LogP contribution in [0.4, 0.5) is 4.39 Å². The van der Waals surface area contributed by atoms with E-state index in [2.05, 4.69) is 16.3 Å². The third-order valence-corrected chi connectivity index (χ3v) is 7.46. The molecule has 2 N–H and O–H groups in total. The Labute approximate surface area is 207 Å². The Morgan fingerprint density at radius 3 is 2.72 bits per heavy atom. The number of hydrogen-bond acceptors (Lipinski definition) is 5. The molecule has 0 bridgehead atoms. The van der Waals surface area contributed by atoms with Gasteiger partial charge in [-0.1, -0.05) is 13.8 Å². The lowest BCUT2D eigenvalue weighted by atomic mass is 9.65. The molecule has 2 aromatic heterocycles. The summed E-state index contributed by atoms with van der Waals surface area (Å²) in [6.07, 6.45) is 2.58. The van der Waals surface area contributed by atoms with E-state index in [0.29, 0.717) is 18.5 Å². The Balaban J connectivity index is 1.86. The summed E-state index contributed by atoms with van der Waals surface area (Å²) >= 11 is 0. The van der Waals surface area contributed by atoms with Crippen LogP contribution in [0.1, 0.15) is 50.3 Å². The van der Waals surface area contributed by atoms with Crippen LogP contribution in [0.3, 0.4) is 0 Å². The average Bonchev–Trinajstić information content (AvgIpc) is 3.40. The third kappa shape index (κ3) is 3.44. The Morgan fingerprint density at radius 1 is 1.33 bits per heavy atom. The number of nitrogens with one attached hydrogen (secondary N) is 1. The zero-order valence-electron chi connectivity index (χ0n) is 20.6. The van der Waals surface area contributed by atoms with Crippen LogP contribution in [0.25, 0.3) is 27.5 Å². The number of aromatic nitrogens is 3. The minimum absolute atomic E-state index is 0.109. The Morgan fingerprint density at radius 2 is 2.08 bits per heavy atom. The second-order valence-corrected chi connectivity index (χ2v) is 10.1. The fourth-order valence-corrected chi connectivity index (χ4v) is 5.54. The number of nitrogens with zero attached hydrogens (tertiary/aromatic N) is 3. The van der Waals surface area contributed by atoms with Crippen molar-refractivity contribution in [3.8, 4) is 17.5 Å². The molecule has 0 saturated heterocycles. The quantitative estimate of drug-likeness (QED) is 0.368. The molecule has 0 unspecified atom stereocenters. The number of H-pyrrole nitrogens is 1. The number of halogens is 1. The van der Waals surface area contributed by atoms with Gasteiger partial charge in [0.15, 0.2) is 17.2 Å². The van der Waals surface area contributed by atoms with Crippen molar-refractivity contribution in [2.24, 2.45) is 0 Å². The van der Waals surface area contributed by atoms with Gasteiger partial charge in [-0.2, -0.15) is 10.4 Å². The summed E-state index contributed by atoms with van der Waals surface area (Å²) in [7, 11) is 2.84. The number of benzene rings is 2. The van der Waals surface area contributed by atoms with Gasteiger partial charge in [0.1, 0.15) is 0 Å². The summed E-state index contributed by atoms with van der Waals surface area (Å²) in [6, 6.07) is 11.0. The maximum absolute atomic E-state index is 14.4. The van der Waals surface area contributed by atoms with E-state index in [1.54, 1.807) is 18.3 Å². The second kappa shape index (κ2) is 8.35. The molecule has 36 heavy (non-hydrogen) atoms. The van der Waals surface area contributed by atoms with Crippen LogP contribution in [-0.4, -0.2) is 45.7 Å². The molecule has 0 amide bonds. The Bertz CT molecular complexity index is 1540. The Kier molecular flexibility index (Phi) is 5.52. The number of aromatic amines is 1. The number of aliphatic carboxylic acids is 1. The lowest BCUT2D eigenvalue weighted by Crippen LogP contribution is -2.51. The van der Waals surface area contributed by atoms with Gasteiger partial charge >= 0.3 is 5.97 Å². The van der Waals surface area contributed by atoms with Crippen molar-refractivity contribution < 1.29 is 23.8 Å². The fraction of sp³-hybridized carbons (Fsp3) is 0.370. The SMILES string of the molecule is COc1cc(-n2c(C(C)(C)CC#N)c([C@H]3C[C@](OC)(C(=O)O)C3)c3cc4[nH]ncc4cc32)ccc1F. The van der Waals surface area contributed by atoms with Crippen molar-refractivity contribution in [2.75, 3.05) is 14.2 Å². The summed E-state index contributed by atoms with van der Waals surface area (Å²) < 4.78 is 27.1. The van der Waals surface area contributed by atoms with Crippen molar-refractivity contribution in [3.05, 3.63) is 53.6 Å². The molecule has 5 rings (SSSR count). The van der Waals surface area contributed by atoms with E-state index >= 15 is 0 Å². The summed E-state index contributed by atoms with van der Waals surface area (Å²) in [5.41, 5.74) is 2.39. The first kappa shape index (κ1) is 23.8. The molecule has 0 spiro atoms. The predicted octanol–water partition coefficient (Wildman–Crippen LogP) is 5.19. The monoisotopic (exact) mass is 490 g/mol. The largest absolute Gasteiger partial charge is 0.494 e. The maximum atomic E-state index is 14.4. The molecule has 2 heterocycles. The first-order valence-electron chi connectivity index (χ1n) is 11.7. The number of rotatable bonds is 7. The number of carboxylic acid groups (broad SMARTS) is 1. The average molecular weight is 491 g/mol. The van der Waals surface area contributed by atoms with Gasteiger partial charge in [-0.25, -0.2) is 9.18 Å². The highest BCUT2D eigenvalue weighted by Crippen LogP contribution is 2.53. The molecular formula is C27H27FN4O4. The van der Waals surface area contributed by atoms with Crippen molar-refractivity contribution in [1.29, 1.82) is 5.26 Å². The van der Waals surface area contributed by atoms with Crippen molar-refractivity contribution >= 4 is 27.8 Å². The van der Waals surface area contributed by atoms with Crippen LogP contribution in [0.2, 0.25) is 0 Å². The predicted molar refractivity (Wildman–Crippen MR) is 132 cm³/mol. The summed E-state index contributed by atoms with van der Waals surface area (Å²) in [6.45, 7) is 4.00. The van der Waals surface area contributed by atoms with Gasteiger partial charge < -0.3 is 19.1 Å². The topological polar surface area (TPSA) is 113 Å². The molecule has 8 nitrogen and oxygen atoms in total. The van der Waals surface area contributed by atoms with E-state index in [1.807, 2.05) is 30.5 Å². The van der Waals surface area contributed by atoms with Gasteiger partial charge in [-0.3, -0.25) is 5.10 Å². The fourth-order valence-electron chi connectivity index (χ4n) is 5.54.